The van der Waals surface area contributed by atoms with Crippen molar-refractivity contribution in [2.24, 2.45) is 0 Å². The summed E-state index contributed by atoms with van der Waals surface area (Å²) in [6.07, 6.45) is 0. The van der Waals surface area contributed by atoms with Crippen LogP contribution in [0.4, 0.5) is 10.8 Å². The van der Waals surface area contributed by atoms with Crippen LogP contribution in [-0.4, -0.2) is 29.5 Å². The predicted octanol–water partition coefficient (Wildman–Crippen LogP) is 1.70. The molecule has 0 bridgehead atoms. The van der Waals surface area contributed by atoms with Gasteiger partial charge in [-0.25, -0.2) is 4.98 Å². The summed E-state index contributed by atoms with van der Waals surface area (Å²) in [6, 6.07) is 3.16. The number of aromatic nitrogens is 2. The quantitative estimate of drug-likeness (QED) is 0.833. The van der Waals surface area contributed by atoms with Gasteiger partial charge in [-0.1, -0.05) is 0 Å². The molecule has 0 saturated heterocycles. The Morgan fingerprint density at radius 2 is 2.10 bits per heavy atom. The van der Waals surface area contributed by atoms with E-state index in [9.17, 15) is 4.79 Å². The number of ether oxygens (including phenoxy) is 2. The summed E-state index contributed by atoms with van der Waals surface area (Å²) in [4.78, 5) is 16.3. The van der Waals surface area contributed by atoms with Gasteiger partial charge in [-0.15, -0.1) is 0 Å². The van der Waals surface area contributed by atoms with Gasteiger partial charge in [-0.05, 0) is 13.0 Å². The van der Waals surface area contributed by atoms with Crippen molar-refractivity contribution in [1.29, 1.82) is 0 Å². The lowest BCUT2D eigenvalue weighted by atomic mass is 10.1. The summed E-state index contributed by atoms with van der Waals surface area (Å²) in [5.41, 5.74) is 6.40. The molecule has 1 aromatic carbocycles. The Morgan fingerprint density at radius 1 is 1.35 bits per heavy atom. The number of nitrogen functional groups attached to an aromatic ring is 1. The van der Waals surface area contributed by atoms with Gasteiger partial charge in [-0.3, -0.25) is 10.1 Å². The Balaban J connectivity index is 2.33. The number of carbonyl (C=O) groups excluding carboxylic acids is 1. The zero-order chi connectivity index (χ0) is 14.7. The number of rotatable bonds is 4. The van der Waals surface area contributed by atoms with Crippen LogP contribution in [0.2, 0.25) is 0 Å². The second kappa shape index (κ2) is 5.74. The van der Waals surface area contributed by atoms with Crippen LogP contribution in [0.3, 0.4) is 0 Å². The number of aryl methyl sites for hydroxylation is 1. The molecule has 106 valence electrons. The molecule has 2 rings (SSSR count). The van der Waals surface area contributed by atoms with Crippen molar-refractivity contribution < 1.29 is 14.3 Å². The molecule has 0 fully saturated rings. The molecule has 0 radical (unpaired) electrons. The van der Waals surface area contributed by atoms with E-state index in [0.29, 0.717) is 22.5 Å². The molecule has 0 atom stereocenters. The molecule has 0 spiro atoms. The van der Waals surface area contributed by atoms with Crippen molar-refractivity contribution in [2.75, 3.05) is 25.3 Å². The summed E-state index contributed by atoms with van der Waals surface area (Å²) in [5.74, 6) is 1.06. The average Bonchev–Trinajstić information content (AvgIpc) is 2.84. The van der Waals surface area contributed by atoms with E-state index in [1.165, 1.54) is 14.2 Å². The molecular formula is C12H14N4O3S. The third-order valence-electron chi connectivity index (χ3n) is 2.56. The van der Waals surface area contributed by atoms with Crippen LogP contribution in [0.25, 0.3) is 0 Å². The number of amides is 1. The number of methoxy groups -OCH3 is 2. The Bertz CT molecular complexity index is 642. The normalized spacial score (nSPS) is 10.2. The van der Waals surface area contributed by atoms with Gasteiger partial charge in [0.2, 0.25) is 5.13 Å². The zero-order valence-electron chi connectivity index (χ0n) is 11.3. The van der Waals surface area contributed by atoms with E-state index in [4.69, 9.17) is 15.2 Å². The van der Waals surface area contributed by atoms with Gasteiger partial charge in [0, 0.05) is 17.6 Å². The van der Waals surface area contributed by atoms with Crippen molar-refractivity contribution in [3.05, 3.63) is 23.5 Å². The highest BCUT2D eigenvalue weighted by Crippen LogP contribution is 2.31. The second-order valence-corrected chi connectivity index (χ2v) is 4.64. The smallest absolute Gasteiger partial charge is 0.259 e. The number of benzene rings is 1. The van der Waals surface area contributed by atoms with Crippen LogP contribution < -0.4 is 20.5 Å². The fourth-order valence-electron chi connectivity index (χ4n) is 1.59. The van der Waals surface area contributed by atoms with Crippen LogP contribution in [0, 0.1) is 6.92 Å². The minimum absolute atomic E-state index is 0.243. The van der Waals surface area contributed by atoms with E-state index >= 15 is 0 Å². The van der Waals surface area contributed by atoms with Crippen molar-refractivity contribution in [3.63, 3.8) is 0 Å². The van der Waals surface area contributed by atoms with Gasteiger partial charge in [0.25, 0.3) is 5.91 Å². The Morgan fingerprint density at radius 3 is 2.65 bits per heavy atom. The fourth-order valence-corrected chi connectivity index (χ4v) is 2.16. The second-order valence-electron chi connectivity index (χ2n) is 3.89. The summed E-state index contributed by atoms with van der Waals surface area (Å²) in [6.45, 7) is 1.75. The van der Waals surface area contributed by atoms with E-state index in [-0.39, 0.29) is 11.3 Å². The maximum absolute atomic E-state index is 12.2. The van der Waals surface area contributed by atoms with E-state index in [1.807, 2.05) is 0 Å². The van der Waals surface area contributed by atoms with E-state index in [2.05, 4.69) is 14.7 Å². The van der Waals surface area contributed by atoms with Gasteiger partial charge < -0.3 is 15.2 Å². The van der Waals surface area contributed by atoms with Crippen LogP contribution in [-0.2, 0) is 0 Å². The summed E-state index contributed by atoms with van der Waals surface area (Å²) in [5, 5.41) is 3.05. The van der Waals surface area contributed by atoms with E-state index in [1.54, 1.807) is 19.1 Å². The first-order valence-corrected chi connectivity index (χ1v) is 6.45. The maximum atomic E-state index is 12.2. The average molecular weight is 294 g/mol. The topological polar surface area (TPSA) is 99.4 Å². The third kappa shape index (κ3) is 2.80. The van der Waals surface area contributed by atoms with E-state index in [0.717, 1.165) is 11.5 Å². The van der Waals surface area contributed by atoms with Crippen molar-refractivity contribution in [2.45, 2.75) is 6.92 Å². The largest absolute Gasteiger partial charge is 0.497 e. The Hall–Kier alpha value is -2.35. The fraction of sp³-hybridized carbons (Fsp3) is 0.250. The van der Waals surface area contributed by atoms with Crippen LogP contribution in [0.15, 0.2) is 12.1 Å². The monoisotopic (exact) mass is 294 g/mol. The van der Waals surface area contributed by atoms with Gasteiger partial charge in [0.1, 0.15) is 17.3 Å². The first-order valence-electron chi connectivity index (χ1n) is 5.68. The number of hydrogen-bond donors (Lipinski definition) is 2. The third-order valence-corrected chi connectivity index (χ3v) is 3.29. The van der Waals surface area contributed by atoms with Crippen LogP contribution >= 0.6 is 11.5 Å². The SMILES string of the molecule is COc1cc(OC)c(N)c(C(=O)Nc2nc(C)ns2)c1. The predicted molar refractivity (Wildman–Crippen MR) is 76.6 cm³/mol. The minimum atomic E-state index is -0.393. The lowest BCUT2D eigenvalue weighted by molar-refractivity contribution is 0.102. The lowest BCUT2D eigenvalue weighted by Gasteiger charge is -2.11. The molecule has 2 aromatic rings. The highest BCUT2D eigenvalue weighted by Gasteiger charge is 2.17. The Kier molecular flexibility index (Phi) is 4.04. The van der Waals surface area contributed by atoms with Crippen LogP contribution in [0.1, 0.15) is 16.2 Å². The Labute approximate surface area is 119 Å². The van der Waals surface area contributed by atoms with Gasteiger partial charge in [-0.2, -0.15) is 4.37 Å². The van der Waals surface area contributed by atoms with Crippen LogP contribution in [0.5, 0.6) is 11.5 Å². The molecule has 1 heterocycles. The summed E-state index contributed by atoms with van der Waals surface area (Å²) >= 11 is 1.10. The zero-order valence-corrected chi connectivity index (χ0v) is 12.1. The molecule has 0 aliphatic rings. The number of nitrogens with zero attached hydrogens (tertiary/aromatic N) is 2. The molecule has 3 N–H and O–H groups in total. The molecule has 7 nitrogen and oxygen atoms in total. The van der Waals surface area contributed by atoms with Crippen molar-refractivity contribution in [1.82, 2.24) is 9.36 Å². The summed E-state index contributed by atoms with van der Waals surface area (Å²) < 4.78 is 14.2. The number of nitrogens with two attached hydrogens (primary N) is 1. The van der Waals surface area contributed by atoms with Gasteiger partial charge in [0.15, 0.2) is 0 Å². The highest BCUT2D eigenvalue weighted by molar-refractivity contribution is 7.09. The lowest BCUT2D eigenvalue weighted by Crippen LogP contribution is -2.14. The molecule has 0 saturated carbocycles. The van der Waals surface area contributed by atoms with Crippen molar-refractivity contribution in [3.8, 4) is 11.5 Å². The molecule has 0 aliphatic carbocycles. The first-order chi connectivity index (χ1) is 9.55. The standard InChI is InChI=1S/C12H14N4O3S/c1-6-14-12(20-16-6)15-11(17)8-4-7(18-2)5-9(19-3)10(8)13/h4-5H,13H2,1-3H3,(H,14,15,16,17). The molecule has 1 amide bonds. The highest BCUT2D eigenvalue weighted by atomic mass is 32.1. The number of anilines is 2. The summed E-state index contributed by atoms with van der Waals surface area (Å²) in [7, 11) is 2.97. The molecule has 0 aliphatic heterocycles. The van der Waals surface area contributed by atoms with Gasteiger partial charge in [0.05, 0.1) is 25.5 Å². The maximum Gasteiger partial charge on any atom is 0.259 e. The molecule has 8 heteroatoms. The molecule has 1 aromatic heterocycles. The number of hydrogen-bond acceptors (Lipinski definition) is 7. The van der Waals surface area contributed by atoms with E-state index < -0.39 is 5.91 Å². The first kappa shape index (κ1) is 14.1. The number of nitrogens with one attached hydrogen (secondary N) is 1. The molecule has 0 unspecified atom stereocenters. The minimum Gasteiger partial charge on any atom is -0.497 e. The molecular weight excluding hydrogens is 280 g/mol. The van der Waals surface area contributed by atoms with Crippen molar-refractivity contribution >= 4 is 28.3 Å². The van der Waals surface area contributed by atoms with Gasteiger partial charge >= 0.3 is 0 Å². The molecule has 20 heavy (non-hydrogen) atoms. The number of carbonyl (C=O) groups is 1.